The second kappa shape index (κ2) is 5.87. The van der Waals surface area contributed by atoms with Crippen molar-refractivity contribution in [2.24, 2.45) is 0 Å². The molecule has 0 aromatic heterocycles. The van der Waals surface area contributed by atoms with E-state index in [9.17, 15) is 9.90 Å². The van der Waals surface area contributed by atoms with Crippen molar-refractivity contribution in [3.8, 4) is 11.5 Å². The topological polar surface area (TPSA) is 46.5 Å². The van der Waals surface area contributed by atoms with E-state index in [0.717, 1.165) is 5.56 Å². The lowest BCUT2D eigenvalue weighted by molar-refractivity contribution is -0.133. The average Bonchev–Trinajstić information content (AvgIpc) is 2.38. The molecule has 2 rings (SSSR count). The van der Waals surface area contributed by atoms with E-state index in [1.807, 2.05) is 30.3 Å². The van der Waals surface area contributed by atoms with Crippen LogP contribution in [0.1, 0.15) is 11.1 Å². The molecule has 0 aliphatic rings. The van der Waals surface area contributed by atoms with Gasteiger partial charge in [-0.05, 0) is 23.3 Å². The lowest BCUT2D eigenvalue weighted by atomic mass is 10.1. The average molecular weight is 254 g/mol. The van der Waals surface area contributed by atoms with Crippen molar-refractivity contribution in [3.05, 3.63) is 66.2 Å². The van der Waals surface area contributed by atoms with Gasteiger partial charge in [-0.15, -0.1) is 0 Å². The van der Waals surface area contributed by atoms with Gasteiger partial charge in [-0.25, -0.2) is 0 Å². The summed E-state index contributed by atoms with van der Waals surface area (Å²) in [4.78, 5) is 11.8. The summed E-state index contributed by atoms with van der Waals surface area (Å²) < 4.78 is 5.19. The van der Waals surface area contributed by atoms with Crippen LogP contribution in [0.25, 0.3) is 6.08 Å². The number of ether oxygens (including phenoxy) is 1. The van der Waals surface area contributed by atoms with Crippen molar-refractivity contribution in [1.29, 1.82) is 0 Å². The Hall–Kier alpha value is -2.55. The van der Waals surface area contributed by atoms with Crippen LogP contribution in [0.15, 0.2) is 55.1 Å². The molecule has 0 unspecified atom stereocenters. The fourth-order valence-corrected chi connectivity index (χ4v) is 1.71. The van der Waals surface area contributed by atoms with E-state index in [1.54, 1.807) is 18.2 Å². The number of carbonyl (C=O) groups excluding carboxylic acids is 1. The zero-order valence-electron chi connectivity index (χ0n) is 10.4. The van der Waals surface area contributed by atoms with E-state index in [4.69, 9.17) is 4.74 Å². The highest BCUT2D eigenvalue weighted by atomic mass is 16.5. The number of esters is 1. The zero-order chi connectivity index (χ0) is 13.7. The molecule has 0 amide bonds. The fraction of sp³-hybridized carbons (Fsp3) is 0.0625. The molecule has 3 heteroatoms. The molecular weight excluding hydrogens is 240 g/mol. The zero-order valence-corrected chi connectivity index (χ0v) is 10.4. The maximum atomic E-state index is 11.8. The lowest BCUT2D eigenvalue weighted by Crippen LogP contribution is -2.11. The first-order valence-electron chi connectivity index (χ1n) is 5.88. The molecule has 0 saturated heterocycles. The Labute approximate surface area is 111 Å². The third kappa shape index (κ3) is 3.71. The molecule has 2 aromatic rings. The smallest absolute Gasteiger partial charge is 0.315 e. The molecule has 0 saturated carbocycles. The van der Waals surface area contributed by atoms with Crippen LogP contribution in [0.5, 0.6) is 11.5 Å². The number of hydrogen-bond donors (Lipinski definition) is 1. The van der Waals surface area contributed by atoms with Crippen LogP contribution in [0, 0.1) is 0 Å². The highest BCUT2D eigenvalue weighted by molar-refractivity contribution is 5.75. The SMILES string of the molecule is C=Cc1cc(O)cc(OC(=O)Cc2ccccc2)c1. The van der Waals surface area contributed by atoms with Gasteiger partial charge in [-0.1, -0.05) is 43.0 Å². The molecule has 2 aromatic carbocycles. The van der Waals surface area contributed by atoms with Gasteiger partial charge in [0.05, 0.1) is 6.42 Å². The van der Waals surface area contributed by atoms with Gasteiger partial charge in [0.25, 0.3) is 0 Å². The Bertz CT molecular complexity index is 588. The van der Waals surface area contributed by atoms with Crippen molar-refractivity contribution in [2.75, 3.05) is 0 Å². The fourth-order valence-electron chi connectivity index (χ4n) is 1.71. The Morgan fingerprint density at radius 2 is 1.95 bits per heavy atom. The minimum absolute atomic E-state index is 0.0416. The molecule has 0 bridgehead atoms. The number of phenols is 1. The third-order valence-corrected chi connectivity index (χ3v) is 2.57. The van der Waals surface area contributed by atoms with Crippen molar-refractivity contribution in [3.63, 3.8) is 0 Å². The largest absolute Gasteiger partial charge is 0.508 e. The molecule has 0 aliphatic heterocycles. The minimum Gasteiger partial charge on any atom is -0.508 e. The minimum atomic E-state index is -0.369. The predicted octanol–water partition coefficient (Wildman–Crippen LogP) is 3.18. The standard InChI is InChI=1S/C16H14O3/c1-2-12-8-14(17)11-15(9-12)19-16(18)10-13-6-4-3-5-7-13/h2-9,11,17H,1,10H2. The summed E-state index contributed by atoms with van der Waals surface area (Å²) >= 11 is 0. The van der Waals surface area contributed by atoms with E-state index in [0.29, 0.717) is 11.3 Å². The van der Waals surface area contributed by atoms with Gasteiger partial charge in [0.2, 0.25) is 0 Å². The summed E-state index contributed by atoms with van der Waals surface area (Å²) in [7, 11) is 0. The third-order valence-electron chi connectivity index (χ3n) is 2.57. The highest BCUT2D eigenvalue weighted by Gasteiger charge is 2.07. The highest BCUT2D eigenvalue weighted by Crippen LogP contribution is 2.22. The Morgan fingerprint density at radius 1 is 1.21 bits per heavy atom. The molecule has 1 N–H and O–H groups in total. The first-order chi connectivity index (χ1) is 9.17. The van der Waals surface area contributed by atoms with E-state index < -0.39 is 0 Å². The number of aromatic hydroxyl groups is 1. The van der Waals surface area contributed by atoms with Gasteiger partial charge in [-0.3, -0.25) is 4.79 Å². The predicted molar refractivity (Wildman–Crippen MR) is 74.0 cm³/mol. The Morgan fingerprint density at radius 3 is 2.63 bits per heavy atom. The van der Waals surface area contributed by atoms with Gasteiger partial charge in [0.15, 0.2) is 0 Å². The monoisotopic (exact) mass is 254 g/mol. The lowest BCUT2D eigenvalue weighted by Gasteiger charge is -2.06. The summed E-state index contributed by atoms with van der Waals surface area (Å²) in [5.41, 5.74) is 1.58. The molecule has 0 atom stereocenters. The maximum absolute atomic E-state index is 11.8. The number of carbonyl (C=O) groups is 1. The first kappa shape index (κ1) is 12.9. The summed E-state index contributed by atoms with van der Waals surface area (Å²) in [5.74, 6) is -0.0115. The molecule has 96 valence electrons. The summed E-state index contributed by atoms with van der Waals surface area (Å²) in [6.45, 7) is 3.61. The molecule has 0 spiro atoms. The van der Waals surface area contributed by atoms with Crippen LogP contribution in [0.4, 0.5) is 0 Å². The van der Waals surface area contributed by atoms with Crippen LogP contribution in [-0.2, 0) is 11.2 Å². The van der Waals surface area contributed by atoms with E-state index in [2.05, 4.69) is 6.58 Å². The van der Waals surface area contributed by atoms with Crippen LogP contribution in [0.3, 0.4) is 0 Å². The summed E-state index contributed by atoms with van der Waals surface area (Å²) in [6, 6.07) is 13.9. The van der Waals surface area contributed by atoms with Gasteiger partial charge < -0.3 is 9.84 Å². The van der Waals surface area contributed by atoms with Crippen molar-refractivity contribution < 1.29 is 14.6 Å². The van der Waals surface area contributed by atoms with Gasteiger partial charge in [0.1, 0.15) is 11.5 Å². The maximum Gasteiger partial charge on any atom is 0.315 e. The number of phenolic OH excluding ortho intramolecular Hbond substituents is 1. The Kier molecular flexibility index (Phi) is 3.98. The Balaban J connectivity index is 2.07. The second-order valence-electron chi connectivity index (χ2n) is 4.10. The molecule has 0 heterocycles. The van der Waals surface area contributed by atoms with Gasteiger partial charge >= 0.3 is 5.97 Å². The number of rotatable bonds is 4. The first-order valence-corrected chi connectivity index (χ1v) is 5.88. The molecule has 0 aliphatic carbocycles. The summed E-state index contributed by atoms with van der Waals surface area (Å²) in [6.07, 6.45) is 1.77. The quantitative estimate of drug-likeness (QED) is 0.673. The molecule has 0 fully saturated rings. The van der Waals surface area contributed by atoms with Crippen molar-refractivity contribution in [1.82, 2.24) is 0 Å². The van der Waals surface area contributed by atoms with Crippen LogP contribution >= 0.6 is 0 Å². The van der Waals surface area contributed by atoms with Crippen LogP contribution < -0.4 is 4.74 Å². The second-order valence-corrected chi connectivity index (χ2v) is 4.10. The number of benzene rings is 2. The van der Waals surface area contributed by atoms with Crippen LogP contribution in [-0.4, -0.2) is 11.1 Å². The van der Waals surface area contributed by atoms with E-state index in [-0.39, 0.29) is 18.1 Å². The van der Waals surface area contributed by atoms with Gasteiger partial charge in [0, 0.05) is 6.07 Å². The number of hydrogen-bond acceptors (Lipinski definition) is 3. The van der Waals surface area contributed by atoms with Crippen molar-refractivity contribution in [2.45, 2.75) is 6.42 Å². The van der Waals surface area contributed by atoms with E-state index in [1.165, 1.54) is 6.07 Å². The normalized spacial score (nSPS) is 9.89. The molecule has 3 nitrogen and oxygen atoms in total. The van der Waals surface area contributed by atoms with E-state index >= 15 is 0 Å². The van der Waals surface area contributed by atoms with Crippen molar-refractivity contribution >= 4 is 12.0 Å². The molecular formula is C16H14O3. The summed E-state index contributed by atoms with van der Waals surface area (Å²) in [5, 5.41) is 9.49. The molecule has 0 radical (unpaired) electrons. The van der Waals surface area contributed by atoms with Gasteiger partial charge in [-0.2, -0.15) is 0 Å². The van der Waals surface area contributed by atoms with Crippen LogP contribution in [0.2, 0.25) is 0 Å². The molecule has 19 heavy (non-hydrogen) atoms.